The highest BCUT2D eigenvalue weighted by Gasteiger charge is 2.23. The largest absolute Gasteiger partial charge is 0.224 e. The summed E-state index contributed by atoms with van der Waals surface area (Å²) in [4.78, 5) is 0.472. The summed E-state index contributed by atoms with van der Waals surface area (Å²) in [7, 11) is -3.11. The molecule has 0 heterocycles. The summed E-state index contributed by atoms with van der Waals surface area (Å²) in [5, 5.41) is 0. The molecule has 0 fully saturated rings. The first kappa shape index (κ1) is 12.2. The Balaban J connectivity index is 3.45. The average molecular weight is 226 g/mol. The van der Waals surface area contributed by atoms with E-state index in [2.05, 4.69) is 0 Å². The Bertz CT molecular complexity index is 439. The van der Waals surface area contributed by atoms with Gasteiger partial charge in [-0.15, -0.1) is 0 Å². The van der Waals surface area contributed by atoms with Crippen LogP contribution in [-0.2, 0) is 15.3 Å². The lowest BCUT2D eigenvalue weighted by Crippen LogP contribution is -2.17. The van der Waals surface area contributed by atoms with Crippen molar-refractivity contribution in [1.82, 2.24) is 0 Å². The number of benzene rings is 1. The Labute approximate surface area is 92.2 Å². The number of rotatable bonds is 2. The Morgan fingerprint density at radius 1 is 1.13 bits per heavy atom. The summed E-state index contributed by atoms with van der Waals surface area (Å²) >= 11 is 0. The molecule has 0 unspecified atom stereocenters. The molecule has 1 aromatic rings. The summed E-state index contributed by atoms with van der Waals surface area (Å²) in [6.45, 7) is 7.75. The minimum Gasteiger partial charge on any atom is -0.224 e. The smallest absolute Gasteiger partial charge is 0.178 e. The molecule has 0 amide bonds. The molecule has 1 aromatic carbocycles. The summed E-state index contributed by atoms with van der Waals surface area (Å²) in [6.07, 6.45) is 0. The van der Waals surface area contributed by atoms with Gasteiger partial charge in [0, 0.05) is 0 Å². The normalized spacial score (nSPS) is 12.8. The number of hydrogen-bond donors (Lipinski definition) is 0. The molecular formula is C12H18O2S. The summed E-state index contributed by atoms with van der Waals surface area (Å²) < 4.78 is 23.7. The van der Waals surface area contributed by atoms with E-state index in [1.54, 1.807) is 19.1 Å². The maximum Gasteiger partial charge on any atom is 0.178 e. The van der Waals surface area contributed by atoms with Gasteiger partial charge in [0.1, 0.15) is 0 Å². The number of sulfone groups is 1. The molecule has 0 aliphatic carbocycles. The van der Waals surface area contributed by atoms with E-state index in [9.17, 15) is 8.42 Å². The van der Waals surface area contributed by atoms with Crippen molar-refractivity contribution < 1.29 is 8.42 Å². The zero-order valence-electron chi connectivity index (χ0n) is 9.74. The molecule has 1 rings (SSSR count). The van der Waals surface area contributed by atoms with Crippen LogP contribution in [0.25, 0.3) is 0 Å². The van der Waals surface area contributed by atoms with Crippen LogP contribution in [0.2, 0.25) is 0 Å². The number of hydrogen-bond acceptors (Lipinski definition) is 2. The highest BCUT2D eigenvalue weighted by atomic mass is 32.2. The maximum atomic E-state index is 11.9. The molecule has 3 heteroatoms. The van der Waals surface area contributed by atoms with Gasteiger partial charge in [0.2, 0.25) is 0 Å². The van der Waals surface area contributed by atoms with Crippen molar-refractivity contribution in [1.29, 1.82) is 0 Å². The zero-order valence-corrected chi connectivity index (χ0v) is 10.6. The predicted octanol–water partition coefficient (Wildman–Crippen LogP) is 2.78. The van der Waals surface area contributed by atoms with E-state index in [1.165, 1.54) is 0 Å². The van der Waals surface area contributed by atoms with Crippen molar-refractivity contribution in [3.8, 4) is 0 Å². The van der Waals surface area contributed by atoms with Gasteiger partial charge in [-0.1, -0.05) is 45.9 Å². The summed E-state index contributed by atoms with van der Waals surface area (Å²) in [6, 6.07) is 7.25. The fourth-order valence-corrected chi connectivity index (χ4v) is 2.82. The lowest BCUT2D eigenvalue weighted by molar-refractivity contribution is 0.562. The Morgan fingerprint density at radius 3 is 2.13 bits per heavy atom. The third-order valence-electron chi connectivity index (χ3n) is 2.41. The third kappa shape index (κ3) is 2.59. The molecule has 0 saturated carbocycles. The Morgan fingerprint density at radius 2 is 1.67 bits per heavy atom. The highest BCUT2D eigenvalue weighted by molar-refractivity contribution is 7.91. The minimum atomic E-state index is -3.11. The van der Waals surface area contributed by atoms with Crippen molar-refractivity contribution in [3.63, 3.8) is 0 Å². The zero-order chi connectivity index (χ0) is 11.7. The molecule has 0 atom stereocenters. The van der Waals surface area contributed by atoms with Crippen molar-refractivity contribution >= 4 is 9.84 Å². The van der Waals surface area contributed by atoms with Crippen molar-refractivity contribution in [2.75, 3.05) is 5.75 Å². The molecule has 0 saturated heterocycles. The Hall–Kier alpha value is -0.830. The fourth-order valence-electron chi connectivity index (χ4n) is 1.51. The van der Waals surface area contributed by atoms with Gasteiger partial charge in [-0.05, 0) is 17.0 Å². The molecular weight excluding hydrogens is 208 g/mol. The molecule has 0 bridgehead atoms. The molecule has 2 nitrogen and oxygen atoms in total. The molecule has 0 aliphatic rings. The van der Waals surface area contributed by atoms with E-state index in [0.717, 1.165) is 5.56 Å². The second kappa shape index (κ2) is 3.97. The minimum absolute atomic E-state index is 0.140. The fraction of sp³-hybridized carbons (Fsp3) is 0.500. The van der Waals surface area contributed by atoms with Crippen LogP contribution in [0.3, 0.4) is 0 Å². The van der Waals surface area contributed by atoms with Crippen LogP contribution in [0.5, 0.6) is 0 Å². The van der Waals surface area contributed by atoms with E-state index in [-0.39, 0.29) is 11.2 Å². The standard InChI is InChI=1S/C12H18O2S/c1-5-15(13,14)11-9-7-6-8-10(11)12(2,3)4/h6-9H,5H2,1-4H3. The molecule has 0 aliphatic heterocycles. The van der Waals surface area contributed by atoms with Crippen LogP contribution in [0.1, 0.15) is 33.3 Å². The van der Waals surface area contributed by atoms with Crippen molar-refractivity contribution in [2.45, 2.75) is 38.0 Å². The van der Waals surface area contributed by atoms with Crippen LogP contribution in [0, 0.1) is 0 Å². The molecule has 0 spiro atoms. The molecule has 0 radical (unpaired) electrons. The molecule has 0 N–H and O–H groups in total. The summed E-state index contributed by atoms with van der Waals surface area (Å²) in [5.41, 5.74) is 0.755. The van der Waals surface area contributed by atoms with Gasteiger partial charge in [0.15, 0.2) is 9.84 Å². The second-order valence-electron chi connectivity index (χ2n) is 4.65. The van der Waals surface area contributed by atoms with Crippen LogP contribution < -0.4 is 0 Å². The predicted molar refractivity (Wildman–Crippen MR) is 62.9 cm³/mol. The third-order valence-corrected chi connectivity index (χ3v) is 4.20. The quantitative estimate of drug-likeness (QED) is 0.777. The lowest BCUT2D eigenvalue weighted by atomic mass is 9.87. The van der Waals surface area contributed by atoms with E-state index in [1.807, 2.05) is 32.9 Å². The van der Waals surface area contributed by atoms with Crippen LogP contribution >= 0.6 is 0 Å². The van der Waals surface area contributed by atoms with E-state index in [4.69, 9.17) is 0 Å². The van der Waals surface area contributed by atoms with Crippen molar-refractivity contribution in [3.05, 3.63) is 29.8 Å². The topological polar surface area (TPSA) is 34.1 Å². The molecule has 15 heavy (non-hydrogen) atoms. The second-order valence-corrected chi connectivity index (χ2v) is 6.90. The SMILES string of the molecule is CCS(=O)(=O)c1ccccc1C(C)(C)C. The molecule has 0 aromatic heterocycles. The van der Waals surface area contributed by atoms with Crippen molar-refractivity contribution in [2.24, 2.45) is 0 Å². The first-order chi connectivity index (χ1) is 6.79. The van der Waals surface area contributed by atoms with Gasteiger partial charge >= 0.3 is 0 Å². The van der Waals surface area contributed by atoms with Gasteiger partial charge < -0.3 is 0 Å². The van der Waals surface area contributed by atoms with E-state index in [0.29, 0.717) is 4.90 Å². The monoisotopic (exact) mass is 226 g/mol. The van der Waals surface area contributed by atoms with Gasteiger partial charge in [-0.3, -0.25) is 0 Å². The van der Waals surface area contributed by atoms with Crippen LogP contribution in [0.15, 0.2) is 29.2 Å². The Kier molecular flexibility index (Phi) is 3.24. The first-order valence-electron chi connectivity index (χ1n) is 5.11. The highest BCUT2D eigenvalue weighted by Crippen LogP contribution is 2.29. The van der Waals surface area contributed by atoms with Gasteiger partial charge in [0.05, 0.1) is 10.6 Å². The van der Waals surface area contributed by atoms with E-state index < -0.39 is 9.84 Å². The molecule has 84 valence electrons. The average Bonchev–Trinajstić information content (AvgIpc) is 2.16. The van der Waals surface area contributed by atoms with Gasteiger partial charge in [0.25, 0.3) is 0 Å². The van der Waals surface area contributed by atoms with Gasteiger partial charge in [-0.25, -0.2) is 8.42 Å². The summed E-state index contributed by atoms with van der Waals surface area (Å²) in [5.74, 6) is 0.153. The van der Waals surface area contributed by atoms with E-state index >= 15 is 0 Å². The maximum absolute atomic E-state index is 11.9. The van der Waals surface area contributed by atoms with Crippen LogP contribution in [0.4, 0.5) is 0 Å². The van der Waals surface area contributed by atoms with Gasteiger partial charge in [-0.2, -0.15) is 0 Å². The lowest BCUT2D eigenvalue weighted by Gasteiger charge is -2.22. The first-order valence-corrected chi connectivity index (χ1v) is 6.76. The van der Waals surface area contributed by atoms with Crippen LogP contribution in [-0.4, -0.2) is 14.2 Å².